The predicted octanol–water partition coefficient (Wildman–Crippen LogP) is 0.776. The van der Waals surface area contributed by atoms with Crippen molar-refractivity contribution in [2.45, 2.75) is 26.0 Å². The van der Waals surface area contributed by atoms with Crippen LogP contribution in [0.3, 0.4) is 0 Å². The van der Waals surface area contributed by atoms with Gasteiger partial charge in [-0.2, -0.15) is 0 Å². The van der Waals surface area contributed by atoms with Crippen LogP contribution in [0.15, 0.2) is 24.3 Å². The molecular weight excluding hydrogens is 290 g/mol. The van der Waals surface area contributed by atoms with Crippen molar-refractivity contribution >= 4 is 23.8 Å². The van der Waals surface area contributed by atoms with Gasteiger partial charge in [-0.05, 0) is 26.0 Å². The van der Waals surface area contributed by atoms with E-state index in [0.717, 1.165) is 4.90 Å². The normalized spacial score (nSPS) is 16.0. The zero-order valence-corrected chi connectivity index (χ0v) is 12.4. The fourth-order valence-electron chi connectivity index (χ4n) is 2.15. The van der Waals surface area contributed by atoms with E-state index >= 15 is 0 Å². The average molecular weight is 305 g/mol. The molecule has 116 valence electrons. The van der Waals surface area contributed by atoms with Crippen LogP contribution in [0.25, 0.3) is 0 Å². The van der Waals surface area contributed by atoms with E-state index in [0.29, 0.717) is 0 Å². The summed E-state index contributed by atoms with van der Waals surface area (Å²) in [5.41, 5.74) is 0.487. The van der Waals surface area contributed by atoms with Gasteiger partial charge in [0.05, 0.1) is 18.2 Å². The van der Waals surface area contributed by atoms with Gasteiger partial charge in [-0.1, -0.05) is 12.1 Å². The summed E-state index contributed by atoms with van der Waals surface area (Å²) >= 11 is 0. The number of carbonyl (C=O) groups excluding carboxylic acids is 4. The molecule has 1 aromatic carbocycles. The van der Waals surface area contributed by atoms with Crippen molar-refractivity contribution in [3.63, 3.8) is 0 Å². The summed E-state index contributed by atoms with van der Waals surface area (Å²) in [6, 6.07) is 5.17. The first-order valence-electron chi connectivity index (χ1n) is 6.63. The Labute approximate surface area is 126 Å². The molecule has 0 radical (unpaired) electrons. The number of imide groups is 1. The minimum Gasteiger partial charge on any atom is -0.466 e. The summed E-state index contributed by atoms with van der Waals surface area (Å²) in [4.78, 5) is 48.6. The number of carbonyl (C=O) groups is 4. The Morgan fingerprint density at radius 1 is 1.00 bits per heavy atom. The van der Waals surface area contributed by atoms with Crippen LogP contribution in [0.2, 0.25) is 0 Å². The molecule has 7 heteroatoms. The average Bonchev–Trinajstić information content (AvgIpc) is 2.77. The quantitative estimate of drug-likeness (QED) is 0.603. The third-order valence-electron chi connectivity index (χ3n) is 3.38. The second kappa shape index (κ2) is 5.97. The molecule has 1 aliphatic rings. The van der Waals surface area contributed by atoms with Crippen LogP contribution >= 0.6 is 0 Å². The lowest BCUT2D eigenvalue weighted by atomic mass is 10.1. The molecule has 2 amide bonds. The maximum atomic E-state index is 12.2. The summed E-state index contributed by atoms with van der Waals surface area (Å²) < 4.78 is 9.36. The maximum Gasteiger partial charge on any atom is 0.346 e. The van der Waals surface area contributed by atoms with Crippen LogP contribution in [0.1, 0.15) is 34.6 Å². The fourth-order valence-corrected chi connectivity index (χ4v) is 2.15. The van der Waals surface area contributed by atoms with Crippen molar-refractivity contribution in [3.8, 4) is 0 Å². The van der Waals surface area contributed by atoms with E-state index in [2.05, 4.69) is 4.74 Å². The first-order valence-corrected chi connectivity index (χ1v) is 6.63. The van der Waals surface area contributed by atoms with Crippen molar-refractivity contribution in [3.05, 3.63) is 35.4 Å². The highest BCUT2D eigenvalue weighted by Gasteiger charge is 2.41. The van der Waals surface area contributed by atoms with Gasteiger partial charge in [0, 0.05) is 0 Å². The number of benzene rings is 1. The van der Waals surface area contributed by atoms with E-state index in [9.17, 15) is 19.2 Å². The largest absolute Gasteiger partial charge is 0.466 e. The summed E-state index contributed by atoms with van der Waals surface area (Å²) in [6.07, 6.45) is -1.12. The summed E-state index contributed by atoms with van der Waals surface area (Å²) in [5, 5.41) is 0. The Bertz CT molecular complexity index is 618. The first-order chi connectivity index (χ1) is 10.4. The molecule has 1 aliphatic heterocycles. The number of esters is 2. The molecule has 0 unspecified atom stereocenters. The summed E-state index contributed by atoms with van der Waals surface area (Å²) in [5.74, 6) is -2.69. The molecule has 1 heterocycles. The molecule has 0 saturated carbocycles. The molecule has 0 saturated heterocycles. The van der Waals surface area contributed by atoms with Crippen LogP contribution in [-0.4, -0.2) is 47.9 Å². The van der Waals surface area contributed by atoms with Crippen LogP contribution in [-0.2, 0) is 19.1 Å². The molecule has 0 bridgehead atoms. The number of ether oxygens (including phenoxy) is 2. The fraction of sp³-hybridized carbons (Fsp3) is 0.333. The minimum absolute atomic E-state index is 0.244. The monoisotopic (exact) mass is 305 g/mol. The molecule has 0 N–H and O–H groups in total. The Kier molecular flexibility index (Phi) is 4.25. The third-order valence-corrected chi connectivity index (χ3v) is 3.38. The van der Waals surface area contributed by atoms with Gasteiger partial charge in [0.15, 0.2) is 6.10 Å². The molecule has 1 aromatic rings. The van der Waals surface area contributed by atoms with Crippen LogP contribution in [0.5, 0.6) is 0 Å². The van der Waals surface area contributed by atoms with E-state index < -0.39 is 35.9 Å². The van der Waals surface area contributed by atoms with Gasteiger partial charge >= 0.3 is 11.9 Å². The highest BCUT2D eigenvalue weighted by molar-refractivity contribution is 6.22. The highest BCUT2D eigenvalue weighted by Crippen LogP contribution is 2.24. The van der Waals surface area contributed by atoms with E-state index in [-0.39, 0.29) is 11.1 Å². The standard InChI is InChI=1S/C15H15NO6/c1-8(14(19)22-9(2)15(20)21-3)16-12(17)10-6-4-5-7-11(10)13(16)18/h4-9H,1-3H3/t8-,9+/m0/s1. The molecule has 2 rings (SSSR count). The third kappa shape index (κ3) is 2.57. The Morgan fingerprint density at radius 3 is 1.95 bits per heavy atom. The number of nitrogens with zero attached hydrogens (tertiary/aromatic N) is 1. The molecule has 0 aromatic heterocycles. The van der Waals surface area contributed by atoms with Gasteiger partial charge < -0.3 is 9.47 Å². The van der Waals surface area contributed by atoms with Gasteiger partial charge in [-0.15, -0.1) is 0 Å². The van der Waals surface area contributed by atoms with E-state index in [1.165, 1.54) is 33.1 Å². The van der Waals surface area contributed by atoms with Gasteiger partial charge in [0.2, 0.25) is 0 Å². The Balaban J connectivity index is 2.16. The zero-order valence-electron chi connectivity index (χ0n) is 12.4. The smallest absolute Gasteiger partial charge is 0.346 e. The second-order valence-electron chi connectivity index (χ2n) is 4.80. The number of rotatable bonds is 4. The van der Waals surface area contributed by atoms with Gasteiger partial charge in [0.1, 0.15) is 6.04 Å². The molecule has 0 aliphatic carbocycles. The maximum absolute atomic E-state index is 12.2. The van der Waals surface area contributed by atoms with E-state index in [4.69, 9.17) is 4.74 Å². The van der Waals surface area contributed by atoms with E-state index in [1.807, 2.05) is 0 Å². The summed E-state index contributed by atoms with van der Waals surface area (Å²) in [7, 11) is 1.17. The molecule has 0 spiro atoms. The number of hydrogen-bond acceptors (Lipinski definition) is 6. The van der Waals surface area contributed by atoms with Gasteiger partial charge in [-0.3, -0.25) is 14.5 Å². The Hall–Kier alpha value is -2.70. The Morgan fingerprint density at radius 2 is 1.50 bits per heavy atom. The number of amides is 2. The number of fused-ring (bicyclic) bond motifs is 1. The lowest BCUT2D eigenvalue weighted by Gasteiger charge is -2.22. The van der Waals surface area contributed by atoms with Crippen molar-refractivity contribution in [1.82, 2.24) is 4.90 Å². The number of hydrogen-bond donors (Lipinski definition) is 0. The lowest BCUT2D eigenvalue weighted by molar-refractivity contribution is -0.166. The molecule has 22 heavy (non-hydrogen) atoms. The van der Waals surface area contributed by atoms with Gasteiger partial charge in [-0.25, -0.2) is 9.59 Å². The van der Waals surface area contributed by atoms with Crippen molar-refractivity contribution in [1.29, 1.82) is 0 Å². The van der Waals surface area contributed by atoms with Crippen LogP contribution in [0.4, 0.5) is 0 Å². The summed E-state index contributed by atoms with van der Waals surface area (Å²) in [6.45, 7) is 2.72. The molecule has 0 fully saturated rings. The predicted molar refractivity (Wildman–Crippen MR) is 74.0 cm³/mol. The first kappa shape index (κ1) is 15.7. The second-order valence-corrected chi connectivity index (χ2v) is 4.80. The van der Waals surface area contributed by atoms with Crippen molar-refractivity contribution in [2.24, 2.45) is 0 Å². The SMILES string of the molecule is COC(=O)[C@@H](C)OC(=O)[C@H](C)N1C(=O)c2ccccc2C1=O. The van der Waals surface area contributed by atoms with Crippen molar-refractivity contribution < 1.29 is 28.7 Å². The molecule has 2 atom stereocenters. The topological polar surface area (TPSA) is 90.0 Å². The molecule has 7 nitrogen and oxygen atoms in total. The zero-order chi connectivity index (χ0) is 16.4. The number of methoxy groups -OCH3 is 1. The lowest BCUT2D eigenvalue weighted by Crippen LogP contribution is -2.45. The molecular formula is C15H15NO6. The van der Waals surface area contributed by atoms with E-state index in [1.54, 1.807) is 12.1 Å². The van der Waals surface area contributed by atoms with Crippen LogP contribution < -0.4 is 0 Å². The highest BCUT2D eigenvalue weighted by atomic mass is 16.6. The van der Waals surface area contributed by atoms with Crippen molar-refractivity contribution in [2.75, 3.05) is 7.11 Å². The minimum atomic E-state index is -1.14. The van der Waals surface area contributed by atoms with Crippen LogP contribution in [0, 0.1) is 0 Å². The van der Waals surface area contributed by atoms with Gasteiger partial charge in [0.25, 0.3) is 11.8 Å².